The number of benzene rings is 2. The van der Waals surface area contributed by atoms with E-state index in [1.165, 1.54) is 25.1 Å². The molecule has 0 bridgehead atoms. The Bertz CT molecular complexity index is 959. The fourth-order valence-electron chi connectivity index (χ4n) is 2.52. The molecule has 30 heavy (non-hydrogen) atoms. The number of carbonyl (C=O) groups excluding carboxylic acids is 3. The zero-order valence-corrected chi connectivity index (χ0v) is 16.5. The minimum Gasteiger partial charge on any atom is -0.493 e. The number of nitro benzene ring substituents is 1. The fraction of sp³-hybridized carbons (Fsp3) is 0.250. The number of ether oxygens (including phenoxy) is 2. The molecule has 2 N–H and O–H groups in total. The van der Waals surface area contributed by atoms with Crippen LogP contribution in [-0.4, -0.2) is 42.5 Å². The van der Waals surface area contributed by atoms with Crippen LogP contribution in [-0.2, 0) is 14.3 Å². The Morgan fingerprint density at radius 3 is 2.53 bits per heavy atom. The first-order valence-corrected chi connectivity index (χ1v) is 9.03. The van der Waals surface area contributed by atoms with Crippen LogP contribution in [0.25, 0.3) is 0 Å². The molecule has 0 saturated carbocycles. The molecule has 10 nitrogen and oxygen atoms in total. The second-order valence-corrected chi connectivity index (χ2v) is 6.03. The number of para-hydroxylation sites is 1. The van der Waals surface area contributed by atoms with Crippen molar-refractivity contribution in [2.24, 2.45) is 0 Å². The van der Waals surface area contributed by atoms with Crippen LogP contribution in [0.2, 0.25) is 0 Å². The summed E-state index contributed by atoms with van der Waals surface area (Å²) in [5.74, 6) is -1.62. The summed E-state index contributed by atoms with van der Waals surface area (Å²) in [7, 11) is 0. The van der Waals surface area contributed by atoms with Crippen molar-refractivity contribution in [3.63, 3.8) is 0 Å². The number of amides is 2. The molecule has 0 heterocycles. The lowest BCUT2D eigenvalue weighted by Crippen LogP contribution is -2.32. The van der Waals surface area contributed by atoms with Gasteiger partial charge in [0.15, 0.2) is 6.61 Å². The molecule has 0 spiro atoms. The number of carbonyl (C=O) groups is 3. The van der Waals surface area contributed by atoms with Gasteiger partial charge in [0.2, 0.25) is 0 Å². The van der Waals surface area contributed by atoms with Crippen molar-refractivity contribution in [2.45, 2.75) is 13.8 Å². The molecule has 0 atom stereocenters. The van der Waals surface area contributed by atoms with E-state index in [9.17, 15) is 24.5 Å². The molecule has 158 valence electrons. The van der Waals surface area contributed by atoms with Gasteiger partial charge in [-0.05, 0) is 32.0 Å². The maximum atomic E-state index is 12.2. The summed E-state index contributed by atoms with van der Waals surface area (Å²) in [6, 6.07) is 10.8. The average Bonchev–Trinajstić information content (AvgIpc) is 2.72. The van der Waals surface area contributed by atoms with Gasteiger partial charge in [-0.2, -0.15) is 0 Å². The van der Waals surface area contributed by atoms with Gasteiger partial charge < -0.3 is 20.1 Å². The van der Waals surface area contributed by atoms with Gasteiger partial charge in [0.1, 0.15) is 12.3 Å². The number of nitro groups is 1. The lowest BCUT2D eigenvalue weighted by atomic mass is 10.1. The number of hydrogen-bond acceptors (Lipinski definition) is 7. The number of esters is 1. The Labute approximate surface area is 172 Å². The van der Waals surface area contributed by atoms with E-state index in [1.54, 1.807) is 31.2 Å². The van der Waals surface area contributed by atoms with Gasteiger partial charge in [-0.25, -0.2) is 0 Å². The van der Waals surface area contributed by atoms with Crippen LogP contribution in [0.3, 0.4) is 0 Å². The highest BCUT2D eigenvalue weighted by Crippen LogP contribution is 2.24. The van der Waals surface area contributed by atoms with E-state index >= 15 is 0 Å². The molecule has 0 fully saturated rings. The lowest BCUT2D eigenvalue weighted by molar-refractivity contribution is -0.385. The van der Waals surface area contributed by atoms with Crippen molar-refractivity contribution >= 4 is 29.2 Å². The molecule has 0 aliphatic rings. The predicted molar refractivity (Wildman–Crippen MR) is 107 cm³/mol. The van der Waals surface area contributed by atoms with Crippen LogP contribution >= 0.6 is 0 Å². The molecule has 0 saturated heterocycles. The first-order chi connectivity index (χ1) is 14.3. The van der Waals surface area contributed by atoms with Gasteiger partial charge in [-0.15, -0.1) is 0 Å². The molecule has 0 aliphatic carbocycles. The van der Waals surface area contributed by atoms with Crippen LogP contribution in [0.5, 0.6) is 5.75 Å². The minimum absolute atomic E-state index is 0.139. The second kappa shape index (κ2) is 10.6. The van der Waals surface area contributed by atoms with Crippen LogP contribution in [0.1, 0.15) is 22.8 Å². The van der Waals surface area contributed by atoms with E-state index in [4.69, 9.17) is 9.47 Å². The third-order valence-electron chi connectivity index (χ3n) is 3.97. The fourth-order valence-corrected chi connectivity index (χ4v) is 2.52. The molecule has 2 aromatic rings. The smallest absolute Gasteiger partial charge is 0.325 e. The first-order valence-electron chi connectivity index (χ1n) is 9.03. The van der Waals surface area contributed by atoms with Crippen LogP contribution < -0.4 is 15.4 Å². The second-order valence-electron chi connectivity index (χ2n) is 6.03. The summed E-state index contributed by atoms with van der Waals surface area (Å²) >= 11 is 0. The van der Waals surface area contributed by atoms with Crippen molar-refractivity contribution in [1.29, 1.82) is 0 Å². The summed E-state index contributed by atoms with van der Waals surface area (Å²) in [5, 5.41) is 15.8. The number of nitrogens with zero attached hydrogens (tertiary/aromatic N) is 1. The molecule has 2 amide bonds. The topological polar surface area (TPSA) is 137 Å². The Morgan fingerprint density at radius 1 is 1.10 bits per heavy atom. The number of hydrogen-bond donors (Lipinski definition) is 2. The maximum absolute atomic E-state index is 12.2. The maximum Gasteiger partial charge on any atom is 0.325 e. The van der Waals surface area contributed by atoms with Crippen LogP contribution in [0.15, 0.2) is 42.5 Å². The Morgan fingerprint density at radius 2 is 1.83 bits per heavy atom. The Hall–Kier alpha value is -3.95. The lowest BCUT2D eigenvalue weighted by Gasteiger charge is -2.11. The molecule has 2 rings (SSSR count). The van der Waals surface area contributed by atoms with E-state index in [1.807, 2.05) is 0 Å². The SMILES string of the molecule is CCOc1ccccc1C(=O)NCC(=O)OCC(=O)Nc1cccc([N+](=O)[O-])c1C. The average molecular weight is 415 g/mol. The molecule has 10 heteroatoms. The highest BCUT2D eigenvalue weighted by Gasteiger charge is 2.17. The van der Waals surface area contributed by atoms with Gasteiger partial charge in [0, 0.05) is 6.07 Å². The molecular weight excluding hydrogens is 394 g/mol. The van der Waals surface area contributed by atoms with Crippen molar-refractivity contribution in [2.75, 3.05) is 25.1 Å². The molecule has 2 aromatic carbocycles. The van der Waals surface area contributed by atoms with Gasteiger partial charge in [0.05, 0.1) is 28.3 Å². The highest BCUT2D eigenvalue weighted by molar-refractivity contribution is 5.98. The van der Waals surface area contributed by atoms with Crippen molar-refractivity contribution in [3.8, 4) is 5.75 Å². The molecule has 0 radical (unpaired) electrons. The zero-order chi connectivity index (χ0) is 22.1. The van der Waals surface area contributed by atoms with E-state index in [2.05, 4.69) is 10.6 Å². The minimum atomic E-state index is -0.817. The Kier molecular flexibility index (Phi) is 7.86. The molecule has 0 unspecified atom stereocenters. The predicted octanol–water partition coefficient (Wildman–Crippen LogP) is 2.21. The van der Waals surface area contributed by atoms with E-state index < -0.39 is 35.9 Å². The number of rotatable bonds is 9. The summed E-state index contributed by atoms with van der Waals surface area (Å²) in [6.45, 7) is 2.61. The van der Waals surface area contributed by atoms with Gasteiger partial charge in [-0.3, -0.25) is 24.5 Å². The van der Waals surface area contributed by atoms with Gasteiger partial charge in [0.25, 0.3) is 17.5 Å². The quantitative estimate of drug-likeness (QED) is 0.364. The monoisotopic (exact) mass is 415 g/mol. The summed E-state index contributed by atoms with van der Waals surface area (Å²) in [4.78, 5) is 46.4. The molecule has 0 aliphatic heterocycles. The number of nitrogens with one attached hydrogen (secondary N) is 2. The normalized spacial score (nSPS) is 10.1. The molecular formula is C20H21N3O7. The Balaban J connectivity index is 1.84. The zero-order valence-electron chi connectivity index (χ0n) is 16.5. The summed E-state index contributed by atoms with van der Waals surface area (Å²) < 4.78 is 10.2. The van der Waals surface area contributed by atoms with Gasteiger partial charge in [-0.1, -0.05) is 18.2 Å². The van der Waals surface area contributed by atoms with Crippen LogP contribution in [0.4, 0.5) is 11.4 Å². The third kappa shape index (κ3) is 6.03. The first kappa shape index (κ1) is 22.3. The number of anilines is 1. The third-order valence-corrected chi connectivity index (χ3v) is 3.97. The standard InChI is InChI=1S/C20H21N3O7/c1-3-29-17-10-5-4-7-14(17)20(26)21-11-19(25)30-12-18(24)22-15-8-6-9-16(13(15)2)23(27)28/h4-10H,3,11-12H2,1-2H3,(H,21,26)(H,22,24). The highest BCUT2D eigenvalue weighted by atomic mass is 16.6. The van der Waals surface area contributed by atoms with Crippen molar-refractivity contribution in [3.05, 3.63) is 63.7 Å². The van der Waals surface area contributed by atoms with Gasteiger partial charge >= 0.3 is 5.97 Å². The van der Waals surface area contributed by atoms with Crippen LogP contribution in [0, 0.1) is 17.0 Å². The van der Waals surface area contributed by atoms with Crippen molar-refractivity contribution < 1.29 is 28.8 Å². The summed E-state index contributed by atoms with van der Waals surface area (Å²) in [6.07, 6.45) is 0. The summed E-state index contributed by atoms with van der Waals surface area (Å²) in [5.41, 5.74) is 0.652. The molecule has 0 aromatic heterocycles. The largest absolute Gasteiger partial charge is 0.493 e. The van der Waals surface area contributed by atoms with Crippen molar-refractivity contribution in [1.82, 2.24) is 5.32 Å². The van der Waals surface area contributed by atoms with E-state index in [-0.39, 0.29) is 22.5 Å². The van der Waals surface area contributed by atoms with E-state index in [0.29, 0.717) is 12.4 Å². The van der Waals surface area contributed by atoms with E-state index in [0.717, 1.165) is 0 Å².